The van der Waals surface area contributed by atoms with Gasteiger partial charge in [0.25, 0.3) is 0 Å². The highest BCUT2D eigenvalue weighted by atomic mass is 79.9. The molecule has 0 radical (unpaired) electrons. The van der Waals surface area contributed by atoms with Crippen molar-refractivity contribution < 1.29 is 4.74 Å². The first-order chi connectivity index (χ1) is 7.80. The summed E-state index contributed by atoms with van der Waals surface area (Å²) in [6, 6.07) is 6.65. The third-order valence-electron chi connectivity index (χ3n) is 3.69. The van der Waals surface area contributed by atoms with Crippen LogP contribution in [0.15, 0.2) is 22.7 Å². The predicted octanol–water partition coefficient (Wildman–Crippen LogP) is 2.60. The number of nitrogens with one attached hydrogen (secondary N) is 1. The van der Waals surface area contributed by atoms with Crippen molar-refractivity contribution in [1.82, 2.24) is 5.32 Å². The Labute approximate surface area is 105 Å². The summed E-state index contributed by atoms with van der Waals surface area (Å²) in [6.45, 7) is 2.63. The average molecular weight is 282 g/mol. The second-order valence-electron chi connectivity index (χ2n) is 4.72. The summed E-state index contributed by atoms with van der Waals surface area (Å²) in [5.41, 5.74) is 3.01. The van der Waals surface area contributed by atoms with E-state index in [1.165, 1.54) is 34.9 Å². The highest BCUT2D eigenvalue weighted by Crippen LogP contribution is 2.37. The molecule has 1 spiro atoms. The molecule has 1 aliphatic heterocycles. The molecule has 3 heteroatoms. The molecule has 1 aromatic carbocycles. The van der Waals surface area contributed by atoms with Gasteiger partial charge < -0.3 is 10.1 Å². The van der Waals surface area contributed by atoms with Crippen LogP contribution >= 0.6 is 15.9 Å². The first-order valence-electron chi connectivity index (χ1n) is 5.92. The van der Waals surface area contributed by atoms with E-state index >= 15 is 0 Å². The van der Waals surface area contributed by atoms with Crippen LogP contribution in [-0.2, 0) is 16.7 Å². The van der Waals surface area contributed by atoms with E-state index in [0.29, 0.717) is 0 Å². The number of fused-ring (bicyclic) bond motifs is 2. The van der Waals surface area contributed by atoms with Crippen LogP contribution in [0.3, 0.4) is 0 Å². The molecule has 0 saturated carbocycles. The number of halogens is 1. The Kier molecular flexibility index (Phi) is 2.78. The van der Waals surface area contributed by atoms with Gasteiger partial charge in [0.05, 0.1) is 18.8 Å². The molecule has 2 nitrogen and oxygen atoms in total. The van der Waals surface area contributed by atoms with Crippen LogP contribution in [-0.4, -0.2) is 19.8 Å². The third kappa shape index (κ3) is 1.71. The summed E-state index contributed by atoms with van der Waals surface area (Å²) < 4.78 is 6.86. The summed E-state index contributed by atoms with van der Waals surface area (Å²) in [7, 11) is 0. The topological polar surface area (TPSA) is 21.3 Å². The van der Waals surface area contributed by atoms with Crippen molar-refractivity contribution in [3.63, 3.8) is 0 Å². The van der Waals surface area contributed by atoms with Crippen molar-refractivity contribution >= 4 is 15.9 Å². The Hall–Kier alpha value is -0.380. The summed E-state index contributed by atoms with van der Waals surface area (Å²) >= 11 is 3.55. The van der Waals surface area contributed by atoms with Crippen LogP contribution in [0.25, 0.3) is 0 Å². The molecule has 1 heterocycles. The van der Waals surface area contributed by atoms with E-state index in [0.717, 1.165) is 19.8 Å². The Bertz CT molecular complexity index is 399. The van der Waals surface area contributed by atoms with E-state index in [-0.39, 0.29) is 5.54 Å². The lowest BCUT2D eigenvalue weighted by Gasteiger charge is -2.42. The van der Waals surface area contributed by atoms with Crippen molar-refractivity contribution in [2.45, 2.75) is 24.8 Å². The maximum Gasteiger partial charge on any atom is 0.0691 e. The van der Waals surface area contributed by atoms with Crippen molar-refractivity contribution in [2.24, 2.45) is 0 Å². The van der Waals surface area contributed by atoms with E-state index in [1.807, 2.05) is 0 Å². The van der Waals surface area contributed by atoms with E-state index in [9.17, 15) is 0 Å². The lowest BCUT2D eigenvalue weighted by molar-refractivity contribution is 0.0169. The minimum Gasteiger partial charge on any atom is -0.378 e. The van der Waals surface area contributed by atoms with Gasteiger partial charge in [0.2, 0.25) is 0 Å². The minimum absolute atomic E-state index is 0.0898. The molecule has 0 unspecified atom stereocenters. The fraction of sp³-hybridized carbons (Fsp3) is 0.538. The number of morpholine rings is 1. The quantitative estimate of drug-likeness (QED) is 0.789. The Morgan fingerprint density at radius 2 is 2.31 bits per heavy atom. The van der Waals surface area contributed by atoms with E-state index in [4.69, 9.17) is 4.74 Å². The predicted molar refractivity (Wildman–Crippen MR) is 67.6 cm³/mol. The van der Waals surface area contributed by atoms with Crippen LogP contribution < -0.4 is 5.32 Å². The molecule has 1 fully saturated rings. The fourth-order valence-electron chi connectivity index (χ4n) is 2.94. The van der Waals surface area contributed by atoms with E-state index in [1.54, 1.807) is 0 Å². The number of benzene rings is 1. The second kappa shape index (κ2) is 4.13. The van der Waals surface area contributed by atoms with Gasteiger partial charge in [-0.05, 0) is 42.5 Å². The first-order valence-corrected chi connectivity index (χ1v) is 6.71. The number of aryl methyl sites for hydroxylation is 1. The zero-order chi connectivity index (χ0) is 11.0. The SMILES string of the molecule is Brc1ccc2c(c1)CCC[C@]21COCCN1. The maximum absolute atomic E-state index is 5.68. The first kappa shape index (κ1) is 10.8. The summed E-state index contributed by atoms with van der Waals surface area (Å²) in [6.07, 6.45) is 3.64. The van der Waals surface area contributed by atoms with Crippen LogP contribution in [0.5, 0.6) is 0 Å². The zero-order valence-corrected chi connectivity index (χ0v) is 10.8. The Morgan fingerprint density at radius 1 is 1.38 bits per heavy atom. The van der Waals surface area contributed by atoms with Gasteiger partial charge in [-0.1, -0.05) is 22.0 Å². The lowest BCUT2D eigenvalue weighted by Crippen LogP contribution is -2.53. The molecule has 0 amide bonds. The summed E-state index contributed by atoms with van der Waals surface area (Å²) in [5.74, 6) is 0. The number of rotatable bonds is 0. The smallest absolute Gasteiger partial charge is 0.0691 e. The van der Waals surface area contributed by atoms with Crippen LogP contribution in [0.4, 0.5) is 0 Å². The normalized spacial score (nSPS) is 29.1. The monoisotopic (exact) mass is 281 g/mol. The molecule has 0 bridgehead atoms. The fourth-order valence-corrected chi connectivity index (χ4v) is 3.35. The molecule has 1 atom stereocenters. The van der Waals surface area contributed by atoms with E-state index in [2.05, 4.69) is 39.4 Å². The molecule has 86 valence electrons. The number of ether oxygens (including phenoxy) is 1. The zero-order valence-electron chi connectivity index (χ0n) is 9.26. The van der Waals surface area contributed by atoms with Gasteiger partial charge in [-0.3, -0.25) is 0 Å². The van der Waals surface area contributed by atoms with Crippen LogP contribution in [0.1, 0.15) is 24.0 Å². The highest BCUT2D eigenvalue weighted by Gasteiger charge is 2.37. The lowest BCUT2D eigenvalue weighted by atomic mass is 9.76. The van der Waals surface area contributed by atoms with Gasteiger partial charge in [-0.25, -0.2) is 0 Å². The van der Waals surface area contributed by atoms with Gasteiger partial charge in [0.15, 0.2) is 0 Å². The second-order valence-corrected chi connectivity index (χ2v) is 5.63. The van der Waals surface area contributed by atoms with Gasteiger partial charge in [-0.2, -0.15) is 0 Å². The van der Waals surface area contributed by atoms with Gasteiger partial charge in [-0.15, -0.1) is 0 Å². The van der Waals surface area contributed by atoms with Gasteiger partial charge in [0, 0.05) is 11.0 Å². The van der Waals surface area contributed by atoms with Gasteiger partial charge in [0.1, 0.15) is 0 Å². The highest BCUT2D eigenvalue weighted by molar-refractivity contribution is 9.10. The Morgan fingerprint density at radius 3 is 3.12 bits per heavy atom. The minimum atomic E-state index is 0.0898. The van der Waals surface area contributed by atoms with Crippen LogP contribution in [0.2, 0.25) is 0 Å². The molecule has 1 saturated heterocycles. The molecule has 1 aromatic rings. The molecule has 3 rings (SSSR count). The number of hydrogen-bond acceptors (Lipinski definition) is 2. The Balaban J connectivity index is 2.04. The summed E-state index contributed by atoms with van der Waals surface area (Å²) in [4.78, 5) is 0. The summed E-state index contributed by atoms with van der Waals surface area (Å²) in [5, 5.41) is 3.67. The standard InChI is InChI=1S/C13H16BrNO/c14-11-3-4-12-10(8-11)2-1-5-13(12)9-16-7-6-15-13/h3-4,8,15H,1-2,5-7,9H2/t13-/m0/s1. The number of hydrogen-bond donors (Lipinski definition) is 1. The maximum atomic E-state index is 5.68. The van der Waals surface area contributed by atoms with E-state index < -0.39 is 0 Å². The van der Waals surface area contributed by atoms with Crippen molar-refractivity contribution in [3.05, 3.63) is 33.8 Å². The average Bonchev–Trinajstić information content (AvgIpc) is 2.30. The molecule has 1 aliphatic carbocycles. The molecule has 1 N–H and O–H groups in total. The molecular formula is C13H16BrNO. The van der Waals surface area contributed by atoms with Crippen molar-refractivity contribution in [3.8, 4) is 0 Å². The van der Waals surface area contributed by atoms with Crippen molar-refractivity contribution in [1.29, 1.82) is 0 Å². The third-order valence-corrected chi connectivity index (χ3v) is 4.18. The molecular weight excluding hydrogens is 266 g/mol. The van der Waals surface area contributed by atoms with Gasteiger partial charge >= 0.3 is 0 Å². The largest absolute Gasteiger partial charge is 0.378 e. The molecule has 2 aliphatic rings. The van der Waals surface area contributed by atoms with Crippen LogP contribution in [0, 0.1) is 0 Å². The van der Waals surface area contributed by atoms with Crippen molar-refractivity contribution in [2.75, 3.05) is 19.8 Å². The molecule has 16 heavy (non-hydrogen) atoms. The molecule has 0 aromatic heterocycles.